The molecule has 1 amide bonds. The van der Waals surface area contributed by atoms with Crippen LogP contribution in [-0.4, -0.2) is 24.2 Å². The number of amides is 1. The van der Waals surface area contributed by atoms with Gasteiger partial charge in [-0.15, -0.1) is 11.3 Å². The van der Waals surface area contributed by atoms with Gasteiger partial charge in [0.25, 0.3) is 5.91 Å². The number of carbonyl (C=O) groups is 1. The number of thiazole rings is 1. The second kappa shape index (κ2) is 7.25. The highest BCUT2D eigenvalue weighted by atomic mass is 32.1. The Balaban J connectivity index is 1.54. The Morgan fingerprint density at radius 1 is 1.23 bits per heavy atom. The van der Waals surface area contributed by atoms with Gasteiger partial charge in [0.05, 0.1) is 0 Å². The van der Waals surface area contributed by atoms with Crippen molar-refractivity contribution in [3.63, 3.8) is 0 Å². The number of hydrogen-bond donors (Lipinski definition) is 2. The number of nitrogens with one attached hydrogen (secondary N) is 1. The van der Waals surface area contributed by atoms with Gasteiger partial charge in [-0.2, -0.15) is 0 Å². The van der Waals surface area contributed by atoms with Crippen LogP contribution in [0.15, 0.2) is 23.6 Å². The van der Waals surface area contributed by atoms with Crippen LogP contribution in [0.2, 0.25) is 0 Å². The molecule has 1 aliphatic heterocycles. The first-order chi connectivity index (χ1) is 12.7. The smallest absolute Gasteiger partial charge is 0.270 e. The molecule has 6 nitrogen and oxygen atoms in total. The predicted octanol–water partition coefficient (Wildman–Crippen LogP) is 2.96. The topological polar surface area (TPSA) is 86.5 Å². The van der Waals surface area contributed by atoms with Crippen molar-refractivity contribution in [3.05, 3.63) is 39.8 Å². The molecule has 0 saturated heterocycles. The maximum absolute atomic E-state index is 12.5. The van der Waals surface area contributed by atoms with Gasteiger partial charge in [-0.25, -0.2) is 4.98 Å². The Morgan fingerprint density at radius 3 is 2.81 bits per heavy atom. The summed E-state index contributed by atoms with van der Waals surface area (Å²) in [7, 11) is 0. The van der Waals surface area contributed by atoms with E-state index in [1.165, 1.54) is 36.2 Å². The van der Waals surface area contributed by atoms with E-state index in [-0.39, 0.29) is 18.1 Å². The molecule has 1 aliphatic carbocycles. The Morgan fingerprint density at radius 2 is 2.04 bits per heavy atom. The molecule has 0 atom stereocenters. The average molecular weight is 373 g/mol. The van der Waals surface area contributed by atoms with Gasteiger partial charge in [-0.1, -0.05) is 25.3 Å². The lowest BCUT2D eigenvalue weighted by Gasteiger charge is -2.38. The summed E-state index contributed by atoms with van der Waals surface area (Å²) in [5.74, 6) is 1.46. The average Bonchev–Trinajstić information content (AvgIpc) is 3.35. The Kier molecular flexibility index (Phi) is 4.82. The molecule has 1 aromatic carbocycles. The van der Waals surface area contributed by atoms with E-state index in [2.05, 4.69) is 22.4 Å². The van der Waals surface area contributed by atoms with Gasteiger partial charge in [0.15, 0.2) is 11.5 Å². The summed E-state index contributed by atoms with van der Waals surface area (Å²) in [5, 5.41) is 5.65. The number of nitrogens with two attached hydrogens (primary N) is 1. The van der Waals surface area contributed by atoms with Crippen molar-refractivity contribution in [1.82, 2.24) is 10.3 Å². The number of nitrogens with zero attached hydrogens (tertiary/aromatic N) is 1. The van der Waals surface area contributed by atoms with Gasteiger partial charge in [0.1, 0.15) is 10.7 Å². The standard InChI is InChI=1S/C19H23N3O3S/c20-9-17-22-14(10-26-17)18(23)21-11-19(6-2-1-3-7-19)13-4-5-15-16(8-13)25-12-24-15/h4-5,8,10H,1-3,6-7,9,11-12,20H2,(H,21,23). The molecule has 2 aromatic rings. The molecule has 26 heavy (non-hydrogen) atoms. The lowest BCUT2D eigenvalue weighted by molar-refractivity contribution is 0.0932. The van der Waals surface area contributed by atoms with Crippen molar-refractivity contribution in [2.75, 3.05) is 13.3 Å². The van der Waals surface area contributed by atoms with Crippen LogP contribution in [0.5, 0.6) is 11.5 Å². The van der Waals surface area contributed by atoms with E-state index in [0.717, 1.165) is 29.3 Å². The molecule has 2 heterocycles. The zero-order valence-corrected chi connectivity index (χ0v) is 15.4. The van der Waals surface area contributed by atoms with Crippen LogP contribution >= 0.6 is 11.3 Å². The Hall–Kier alpha value is -2.12. The highest BCUT2D eigenvalue weighted by Crippen LogP contribution is 2.43. The van der Waals surface area contributed by atoms with Gasteiger partial charge in [-0.3, -0.25) is 4.79 Å². The van der Waals surface area contributed by atoms with Crippen LogP contribution in [0.3, 0.4) is 0 Å². The zero-order chi connectivity index (χ0) is 18.0. The van der Waals surface area contributed by atoms with Crippen LogP contribution in [-0.2, 0) is 12.0 Å². The second-order valence-corrected chi connectivity index (χ2v) is 7.86. The molecule has 0 spiro atoms. The molecule has 0 bridgehead atoms. The lowest BCUT2D eigenvalue weighted by atomic mass is 9.69. The largest absolute Gasteiger partial charge is 0.454 e. The first kappa shape index (κ1) is 17.3. The van der Waals surface area contributed by atoms with E-state index in [4.69, 9.17) is 15.2 Å². The molecule has 1 aromatic heterocycles. The summed E-state index contributed by atoms with van der Waals surface area (Å²) >= 11 is 1.42. The molecule has 7 heteroatoms. The number of aromatic nitrogens is 1. The van der Waals surface area contributed by atoms with Crippen LogP contribution in [0, 0.1) is 0 Å². The fourth-order valence-electron chi connectivity index (χ4n) is 3.87. The Bertz CT molecular complexity index is 799. The van der Waals surface area contributed by atoms with Crippen molar-refractivity contribution in [3.8, 4) is 11.5 Å². The fourth-order valence-corrected chi connectivity index (χ4v) is 4.53. The van der Waals surface area contributed by atoms with Gasteiger partial charge in [0, 0.05) is 23.9 Å². The van der Waals surface area contributed by atoms with Crippen LogP contribution in [0.25, 0.3) is 0 Å². The minimum atomic E-state index is -0.133. The molecule has 0 radical (unpaired) electrons. The third kappa shape index (κ3) is 3.29. The van der Waals surface area contributed by atoms with Crippen molar-refractivity contribution < 1.29 is 14.3 Å². The molecule has 3 N–H and O–H groups in total. The normalized spacial score (nSPS) is 17.9. The van der Waals surface area contributed by atoms with Gasteiger partial charge in [0.2, 0.25) is 6.79 Å². The zero-order valence-electron chi connectivity index (χ0n) is 14.6. The second-order valence-electron chi connectivity index (χ2n) is 6.92. The van der Waals surface area contributed by atoms with E-state index >= 15 is 0 Å². The lowest BCUT2D eigenvalue weighted by Crippen LogP contribution is -2.42. The van der Waals surface area contributed by atoms with Gasteiger partial charge >= 0.3 is 0 Å². The number of hydrogen-bond acceptors (Lipinski definition) is 6. The fraction of sp³-hybridized carbons (Fsp3) is 0.474. The van der Waals surface area contributed by atoms with E-state index in [1.54, 1.807) is 5.38 Å². The quantitative estimate of drug-likeness (QED) is 0.841. The number of benzene rings is 1. The van der Waals surface area contributed by atoms with Crippen molar-refractivity contribution in [1.29, 1.82) is 0 Å². The molecule has 0 unspecified atom stereocenters. The highest BCUT2D eigenvalue weighted by Gasteiger charge is 2.35. The van der Waals surface area contributed by atoms with E-state index in [1.807, 2.05) is 6.07 Å². The molecule has 138 valence electrons. The van der Waals surface area contributed by atoms with Gasteiger partial charge in [-0.05, 0) is 30.5 Å². The predicted molar refractivity (Wildman–Crippen MR) is 99.7 cm³/mol. The summed E-state index contributed by atoms with van der Waals surface area (Å²) in [6.45, 7) is 1.23. The summed E-state index contributed by atoms with van der Waals surface area (Å²) in [4.78, 5) is 16.8. The molecule has 4 rings (SSSR count). The highest BCUT2D eigenvalue weighted by molar-refractivity contribution is 7.09. The summed E-state index contributed by atoms with van der Waals surface area (Å²) in [5.41, 5.74) is 7.18. The number of ether oxygens (including phenoxy) is 2. The minimum absolute atomic E-state index is 0.0678. The third-order valence-corrected chi connectivity index (χ3v) is 6.21. The minimum Gasteiger partial charge on any atom is -0.454 e. The van der Waals surface area contributed by atoms with E-state index in [9.17, 15) is 4.79 Å². The monoisotopic (exact) mass is 373 g/mol. The molecule has 2 aliphatic rings. The first-order valence-corrected chi connectivity index (χ1v) is 9.91. The van der Waals surface area contributed by atoms with Crippen LogP contribution in [0.1, 0.15) is 53.2 Å². The molecular weight excluding hydrogens is 350 g/mol. The SMILES string of the molecule is NCc1nc(C(=O)NCC2(c3ccc4c(c3)OCO4)CCCCC2)cs1. The third-order valence-electron chi connectivity index (χ3n) is 5.34. The van der Waals surface area contributed by atoms with Crippen molar-refractivity contribution in [2.45, 2.75) is 44.1 Å². The first-order valence-electron chi connectivity index (χ1n) is 9.03. The molecule has 1 fully saturated rings. The molecular formula is C19H23N3O3S. The summed E-state index contributed by atoms with van der Waals surface area (Å²) < 4.78 is 11.0. The Labute approximate surface area is 156 Å². The van der Waals surface area contributed by atoms with Gasteiger partial charge < -0.3 is 20.5 Å². The van der Waals surface area contributed by atoms with Crippen LogP contribution in [0.4, 0.5) is 0 Å². The summed E-state index contributed by atoms with van der Waals surface area (Å²) in [6, 6.07) is 6.17. The van der Waals surface area contributed by atoms with Crippen molar-refractivity contribution >= 4 is 17.2 Å². The number of carbonyl (C=O) groups excluding carboxylic acids is 1. The van der Waals surface area contributed by atoms with E-state index < -0.39 is 0 Å². The summed E-state index contributed by atoms with van der Waals surface area (Å²) in [6.07, 6.45) is 5.68. The maximum atomic E-state index is 12.5. The number of fused-ring (bicyclic) bond motifs is 1. The number of rotatable bonds is 5. The van der Waals surface area contributed by atoms with Crippen molar-refractivity contribution in [2.24, 2.45) is 5.73 Å². The van der Waals surface area contributed by atoms with E-state index in [0.29, 0.717) is 18.8 Å². The maximum Gasteiger partial charge on any atom is 0.270 e. The van der Waals surface area contributed by atoms with Crippen LogP contribution < -0.4 is 20.5 Å². The molecule has 1 saturated carbocycles.